The molecule has 0 saturated carbocycles. The number of ether oxygens (including phenoxy) is 1. The second-order valence-corrected chi connectivity index (χ2v) is 5.89. The fourth-order valence-electron chi connectivity index (χ4n) is 1.35. The van der Waals surface area contributed by atoms with Crippen molar-refractivity contribution in [3.63, 3.8) is 0 Å². The maximum absolute atomic E-state index is 11.0. The lowest BCUT2D eigenvalue weighted by atomic mass is 10.1. The second-order valence-electron chi connectivity index (χ2n) is 3.63. The highest BCUT2D eigenvalue weighted by molar-refractivity contribution is 7.90. The lowest BCUT2D eigenvalue weighted by Crippen LogP contribution is -2.16. The first-order chi connectivity index (χ1) is 7.44. The van der Waals surface area contributed by atoms with Gasteiger partial charge in [0, 0.05) is 24.1 Å². The Bertz CT molecular complexity index is 445. The summed E-state index contributed by atoms with van der Waals surface area (Å²) in [6, 6.07) is 3.16. The summed E-state index contributed by atoms with van der Waals surface area (Å²) < 4.78 is 27.1. The summed E-state index contributed by atoms with van der Waals surface area (Å²) in [5.74, 6) is 0.509. The molecule has 0 saturated heterocycles. The Morgan fingerprint density at radius 1 is 1.56 bits per heavy atom. The van der Waals surface area contributed by atoms with Gasteiger partial charge in [-0.3, -0.25) is 0 Å². The van der Waals surface area contributed by atoms with Crippen molar-refractivity contribution in [3.8, 4) is 5.88 Å². The van der Waals surface area contributed by atoms with Crippen LogP contribution in [0, 0.1) is 0 Å². The van der Waals surface area contributed by atoms with Crippen molar-refractivity contribution in [3.05, 3.63) is 23.9 Å². The first kappa shape index (κ1) is 12.9. The minimum absolute atomic E-state index is 0.0617. The standard InChI is InChI=1S/C10H16N2O3S/c1-15-10-8(4-3-6-12-10)9(11)5-7-16(2,13)14/h3-4,6,9H,5,7,11H2,1-2H3. The van der Waals surface area contributed by atoms with Crippen molar-refractivity contribution in [2.45, 2.75) is 12.5 Å². The van der Waals surface area contributed by atoms with Crippen LogP contribution in [0.1, 0.15) is 18.0 Å². The minimum atomic E-state index is -2.99. The van der Waals surface area contributed by atoms with Crippen LogP contribution < -0.4 is 10.5 Å². The number of sulfone groups is 1. The Labute approximate surface area is 95.6 Å². The zero-order chi connectivity index (χ0) is 12.2. The van der Waals surface area contributed by atoms with Gasteiger partial charge in [-0.05, 0) is 12.5 Å². The summed E-state index contributed by atoms with van der Waals surface area (Å²) >= 11 is 0. The van der Waals surface area contributed by atoms with E-state index in [0.717, 1.165) is 5.56 Å². The van der Waals surface area contributed by atoms with E-state index < -0.39 is 9.84 Å². The summed E-state index contributed by atoms with van der Waals surface area (Å²) in [7, 11) is -1.48. The molecule has 0 aliphatic heterocycles. The largest absolute Gasteiger partial charge is 0.481 e. The Kier molecular flexibility index (Phi) is 4.26. The highest BCUT2D eigenvalue weighted by Gasteiger charge is 2.14. The molecule has 0 amide bonds. The number of hydrogen-bond donors (Lipinski definition) is 1. The quantitative estimate of drug-likeness (QED) is 0.816. The minimum Gasteiger partial charge on any atom is -0.481 e. The smallest absolute Gasteiger partial charge is 0.217 e. The van der Waals surface area contributed by atoms with Crippen LogP contribution >= 0.6 is 0 Å². The molecule has 2 N–H and O–H groups in total. The van der Waals surface area contributed by atoms with Gasteiger partial charge >= 0.3 is 0 Å². The van der Waals surface area contributed by atoms with Gasteiger partial charge in [-0.2, -0.15) is 0 Å². The Balaban J connectivity index is 2.76. The first-order valence-corrected chi connectivity index (χ1v) is 6.92. The van der Waals surface area contributed by atoms with Crippen molar-refractivity contribution < 1.29 is 13.2 Å². The van der Waals surface area contributed by atoms with Gasteiger partial charge in [0.2, 0.25) is 5.88 Å². The fraction of sp³-hybridized carbons (Fsp3) is 0.500. The molecule has 0 radical (unpaired) electrons. The van der Waals surface area contributed by atoms with E-state index in [1.807, 2.05) is 0 Å². The van der Waals surface area contributed by atoms with Crippen LogP contribution in [0.15, 0.2) is 18.3 Å². The Hall–Kier alpha value is -1.14. The van der Waals surface area contributed by atoms with E-state index in [0.29, 0.717) is 12.3 Å². The summed E-state index contributed by atoms with van der Waals surface area (Å²) in [5.41, 5.74) is 6.62. The van der Waals surface area contributed by atoms with Crippen molar-refractivity contribution in [2.75, 3.05) is 19.1 Å². The summed E-state index contributed by atoms with van der Waals surface area (Å²) in [6.45, 7) is 0. The maximum Gasteiger partial charge on any atom is 0.217 e. The van der Waals surface area contributed by atoms with Gasteiger partial charge in [-0.25, -0.2) is 13.4 Å². The zero-order valence-electron chi connectivity index (χ0n) is 9.38. The Morgan fingerprint density at radius 3 is 2.81 bits per heavy atom. The molecule has 1 rings (SSSR count). The molecular formula is C10H16N2O3S. The van der Waals surface area contributed by atoms with Crippen LogP contribution in [-0.2, 0) is 9.84 Å². The highest BCUT2D eigenvalue weighted by Crippen LogP contribution is 2.22. The first-order valence-electron chi connectivity index (χ1n) is 4.86. The van der Waals surface area contributed by atoms with Gasteiger partial charge in [0.25, 0.3) is 0 Å². The van der Waals surface area contributed by atoms with Crippen LogP contribution in [0.3, 0.4) is 0 Å². The molecule has 1 heterocycles. The van der Waals surface area contributed by atoms with Gasteiger partial charge in [-0.1, -0.05) is 6.07 Å². The number of nitrogens with two attached hydrogens (primary N) is 1. The predicted molar refractivity (Wildman–Crippen MR) is 62.0 cm³/mol. The molecule has 90 valence electrons. The third kappa shape index (κ3) is 3.79. The molecule has 0 spiro atoms. The molecule has 6 heteroatoms. The van der Waals surface area contributed by atoms with Gasteiger partial charge in [-0.15, -0.1) is 0 Å². The molecule has 1 aromatic rings. The second kappa shape index (κ2) is 5.27. The van der Waals surface area contributed by atoms with Crippen LogP contribution in [0.5, 0.6) is 5.88 Å². The number of aromatic nitrogens is 1. The molecule has 1 aromatic heterocycles. The van der Waals surface area contributed by atoms with Crippen molar-refractivity contribution in [2.24, 2.45) is 5.73 Å². The van der Waals surface area contributed by atoms with Crippen molar-refractivity contribution >= 4 is 9.84 Å². The van der Waals surface area contributed by atoms with Crippen LogP contribution in [-0.4, -0.2) is 32.5 Å². The molecule has 5 nitrogen and oxygen atoms in total. The topological polar surface area (TPSA) is 82.3 Å². The van der Waals surface area contributed by atoms with Crippen LogP contribution in [0.25, 0.3) is 0 Å². The number of hydrogen-bond acceptors (Lipinski definition) is 5. The summed E-state index contributed by atoms with van der Waals surface area (Å²) in [4.78, 5) is 4.01. The monoisotopic (exact) mass is 244 g/mol. The van der Waals surface area contributed by atoms with E-state index in [4.69, 9.17) is 10.5 Å². The van der Waals surface area contributed by atoms with Crippen molar-refractivity contribution in [1.29, 1.82) is 0 Å². The molecule has 0 aromatic carbocycles. The van der Waals surface area contributed by atoms with E-state index in [9.17, 15) is 8.42 Å². The summed E-state index contributed by atoms with van der Waals surface area (Å²) in [5, 5.41) is 0. The predicted octanol–water partition coefficient (Wildman–Crippen LogP) is 0.525. The molecule has 1 atom stereocenters. The number of rotatable bonds is 5. The molecule has 16 heavy (non-hydrogen) atoms. The maximum atomic E-state index is 11.0. The number of pyridine rings is 1. The van der Waals surface area contributed by atoms with E-state index in [-0.39, 0.29) is 11.8 Å². The van der Waals surface area contributed by atoms with E-state index in [2.05, 4.69) is 4.98 Å². The van der Waals surface area contributed by atoms with E-state index >= 15 is 0 Å². The van der Waals surface area contributed by atoms with Gasteiger partial charge in [0.05, 0.1) is 12.9 Å². The summed E-state index contributed by atoms with van der Waals surface area (Å²) in [6.07, 6.45) is 3.16. The van der Waals surface area contributed by atoms with Gasteiger partial charge in [0.1, 0.15) is 9.84 Å². The Morgan fingerprint density at radius 2 is 2.25 bits per heavy atom. The molecule has 0 fully saturated rings. The normalized spacial score (nSPS) is 13.4. The lowest BCUT2D eigenvalue weighted by molar-refractivity contribution is 0.388. The molecule has 0 bridgehead atoms. The van der Waals surface area contributed by atoms with Crippen LogP contribution in [0.2, 0.25) is 0 Å². The fourth-order valence-corrected chi connectivity index (χ4v) is 2.03. The SMILES string of the molecule is COc1ncccc1C(N)CCS(C)(=O)=O. The third-order valence-corrected chi connectivity index (χ3v) is 3.17. The average molecular weight is 244 g/mol. The number of methoxy groups -OCH3 is 1. The highest BCUT2D eigenvalue weighted by atomic mass is 32.2. The molecule has 0 aliphatic carbocycles. The van der Waals surface area contributed by atoms with Crippen LogP contribution in [0.4, 0.5) is 0 Å². The lowest BCUT2D eigenvalue weighted by Gasteiger charge is -2.13. The average Bonchev–Trinajstić information content (AvgIpc) is 2.25. The zero-order valence-corrected chi connectivity index (χ0v) is 10.2. The van der Waals surface area contributed by atoms with E-state index in [1.54, 1.807) is 18.3 Å². The van der Waals surface area contributed by atoms with E-state index in [1.165, 1.54) is 13.4 Å². The van der Waals surface area contributed by atoms with Gasteiger partial charge in [0.15, 0.2) is 0 Å². The number of nitrogens with zero attached hydrogens (tertiary/aromatic N) is 1. The van der Waals surface area contributed by atoms with Crippen molar-refractivity contribution in [1.82, 2.24) is 4.98 Å². The molecule has 1 unspecified atom stereocenters. The van der Waals surface area contributed by atoms with Gasteiger partial charge < -0.3 is 10.5 Å². The third-order valence-electron chi connectivity index (χ3n) is 2.19. The molecular weight excluding hydrogens is 228 g/mol. The molecule has 0 aliphatic rings.